The topological polar surface area (TPSA) is 58.6 Å². The number of pyridine rings is 1. The maximum atomic E-state index is 11.4. The van der Waals surface area contributed by atoms with Gasteiger partial charge >= 0.3 is 0 Å². The van der Waals surface area contributed by atoms with Crippen molar-refractivity contribution in [3.63, 3.8) is 0 Å². The first-order valence-electron chi connectivity index (χ1n) is 4.14. The first kappa shape index (κ1) is 11.8. The van der Waals surface area contributed by atoms with E-state index in [2.05, 4.69) is 15.0 Å². The molecule has 16 heavy (non-hydrogen) atoms. The molecule has 4 nitrogen and oxygen atoms in total. The summed E-state index contributed by atoms with van der Waals surface area (Å²) in [6, 6.07) is 1.55. The standard InChI is InChI=1S/C9H4Cl2IN3O/c10-4-1-5(11)7(13-2-4)8-14-3-6(12)9(16)15-8/h1-3H,(H,14,15,16). The van der Waals surface area contributed by atoms with Crippen LogP contribution >= 0.6 is 45.8 Å². The van der Waals surface area contributed by atoms with Crippen molar-refractivity contribution >= 4 is 45.8 Å². The van der Waals surface area contributed by atoms with Crippen LogP contribution in [0.1, 0.15) is 0 Å². The summed E-state index contributed by atoms with van der Waals surface area (Å²) in [6.07, 6.45) is 2.90. The second kappa shape index (κ2) is 4.68. The molecule has 0 aliphatic carbocycles. The van der Waals surface area contributed by atoms with Gasteiger partial charge in [-0.3, -0.25) is 4.79 Å². The molecule has 0 amide bonds. The SMILES string of the molecule is O=c1[nH]c(-c2ncc(Cl)cc2Cl)ncc1I. The van der Waals surface area contributed by atoms with Crippen molar-refractivity contribution in [1.82, 2.24) is 15.0 Å². The van der Waals surface area contributed by atoms with Crippen LogP contribution in [0.4, 0.5) is 0 Å². The Hall–Kier alpha value is -0.660. The fourth-order valence-electron chi connectivity index (χ4n) is 1.09. The zero-order chi connectivity index (χ0) is 11.7. The average Bonchev–Trinajstić information content (AvgIpc) is 2.22. The molecule has 0 aromatic carbocycles. The molecule has 2 aromatic heterocycles. The van der Waals surface area contributed by atoms with E-state index in [-0.39, 0.29) is 5.56 Å². The largest absolute Gasteiger partial charge is 0.304 e. The second-order valence-corrected chi connectivity index (χ2v) is 4.90. The van der Waals surface area contributed by atoms with Gasteiger partial charge in [-0.1, -0.05) is 23.2 Å². The van der Waals surface area contributed by atoms with Gasteiger partial charge in [0, 0.05) is 12.4 Å². The molecule has 0 spiro atoms. The van der Waals surface area contributed by atoms with E-state index in [1.165, 1.54) is 12.4 Å². The Bertz CT molecular complexity index is 600. The van der Waals surface area contributed by atoms with E-state index >= 15 is 0 Å². The highest BCUT2D eigenvalue weighted by Gasteiger charge is 2.09. The van der Waals surface area contributed by atoms with Crippen molar-refractivity contribution in [1.29, 1.82) is 0 Å². The quantitative estimate of drug-likeness (QED) is 0.788. The van der Waals surface area contributed by atoms with Gasteiger partial charge in [0.05, 0.1) is 13.6 Å². The van der Waals surface area contributed by atoms with Crippen LogP contribution in [0.5, 0.6) is 0 Å². The molecule has 0 aliphatic heterocycles. The molecule has 0 fully saturated rings. The molecular weight excluding hydrogens is 364 g/mol. The Morgan fingerprint density at radius 2 is 2.00 bits per heavy atom. The lowest BCUT2D eigenvalue weighted by molar-refractivity contribution is 1.08. The van der Waals surface area contributed by atoms with Gasteiger partial charge in [-0.2, -0.15) is 0 Å². The second-order valence-electron chi connectivity index (χ2n) is 2.89. The third-order valence-electron chi connectivity index (χ3n) is 1.79. The highest BCUT2D eigenvalue weighted by Crippen LogP contribution is 2.24. The number of hydrogen-bond donors (Lipinski definition) is 1. The summed E-state index contributed by atoms with van der Waals surface area (Å²) >= 11 is 13.6. The molecule has 2 heterocycles. The Balaban J connectivity index is 2.59. The zero-order valence-electron chi connectivity index (χ0n) is 7.67. The van der Waals surface area contributed by atoms with Gasteiger partial charge in [-0.15, -0.1) is 0 Å². The van der Waals surface area contributed by atoms with Crippen molar-refractivity contribution in [2.45, 2.75) is 0 Å². The molecule has 7 heteroatoms. The van der Waals surface area contributed by atoms with Gasteiger partial charge in [0.15, 0.2) is 5.82 Å². The Morgan fingerprint density at radius 3 is 2.62 bits per heavy atom. The van der Waals surface area contributed by atoms with Gasteiger partial charge in [-0.25, -0.2) is 9.97 Å². The normalized spacial score (nSPS) is 10.4. The van der Waals surface area contributed by atoms with Crippen molar-refractivity contribution < 1.29 is 0 Å². The van der Waals surface area contributed by atoms with Crippen molar-refractivity contribution in [2.75, 3.05) is 0 Å². The highest BCUT2D eigenvalue weighted by molar-refractivity contribution is 14.1. The van der Waals surface area contributed by atoms with E-state index in [0.717, 1.165) is 0 Å². The van der Waals surface area contributed by atoms with Crippen molar-refractivity contribution in [3.05, 3.63) is 42.4 Å². The number of aromatic nitrogens is 3. The molecule has 0 saturated heterocycles. The molecule has 0 radical (unpaired) electrons. The lowest BCUT2D eigenvalue weighted by atomic mass is 10.3. The number of nitrogens with one attached hydrogen (secondary N) is 1. The van der Waals surface area contributed by atoms with Gasteiger partial charge in [-0.05, 0) is 28.7 Å². The Kier molecular flexibility index (Phi) is 3.46. The van der Waals surface area contributed by atoms with Crippen LogP contribution in [-0.4, -0.2) is 15.0 Å². The van der Waals surface area contributed by atoms with Crippen LogP contribution < -0.4 is 5.56 Å². The van der Waals surface area contributed by atoms with E-state index in [9.17, 15) is 4.79 Å². The van der Waals surface area contributed by atoms with Gasteiger partial charge in [0.2, 0.25) is 0 Å². The average molecular weight is 368 g/mol. The third kappa shape index (κ3) is 2.36. The summed E-state index contributed by atoms with van der Waals surface area (Å²) in [5.41, 5.74) is 0.179. The Labute approximate surface area is 114 Å². The number of hydrogen-bond acceptors (Lipinski definition) is 3. The number of aromatic amines is 1. The molecule has 0 unspecified atom stereocenters. The van der Waals surface area contributed by atoms with Crippen LogP contribution in [0.25, 0.3) is 11.5 Å². The zero-order valence-corrected chi connectivity index (χ0v) is 11.3. The first-order chi connectivity index (χ1) is 7.58. The van der Waals surface area contributed by atoms with E-state index in [1.807, 2.05) is 22.6 Å². The maximum absolute atomic E-state index is 11.4. The van der Waals surface area contributed by atoms with Gasteiger partial charge < -0.3 is 4.98 Å². The predicted octanol–water partition coefficient (Wildman–Crippen LogP) is 2.74. The highest BCUT2D eigenvalue weighted by atomic mass is 127. The van der Waals surface area contributed by atoms with Crippen LogP contribution in [-0.2, 0) is 0 Å². The summed E-state index contributed by atoms with van der Waals surface area (Å²) in [5.74, 6) is 0.326. The first-order valence-corrected chi connectivity index (χ1v) is 5.97. The van der Waals surface area contributed by atoms with Crippen LogP contribution in [0, 0.1) is 3.57 Å². The number of halogens is 3. The number of nitrogens with zero attached hydrogens (tertiary/aromatic N) is 2. The fraction of sp³-hybridized carbons (Fsp3) is 0. The Morgan fingerprint density at radius 1 is 1.25 bits per heavy atom. The van der Waals surface area contributed by atoms with Crippen LogP contribution in [0.2, 0.25) is 10.0 Å². The minimum Gasteiger partial charge on any atom is -0.304 e. The van der Waals surface area contributed by atoms with E-state index in [0.29, 0.717) is 25.1 Å². The molecule has 1 N–H and O–H groups in total. The predicted molar refractivity (Wildman–Crippen MR) is 70.8 cm³/mol. The molecular formula is C9H4Cl2IN3O. The summed E-state index contributed by atoms with van der Waals surface area (Å²) in [7, 11) is 0. The molecule has 2 rings (SSSR count). The van der Waals surface area contributed by atoms with Gasteiger partial charge in [0.25, 0.3) is 5.56 Å². The third-order valence-corrected chi connectivity index (χ3v) is 3.05. The lowest BCUT2D eigenvalue weighted by Crippen LogP contribution is -2.12. The number of H-pyrrole nitrogens is 1. The summed E-state index contributed by atoms with van der Waals surface area (Å²) in [5, 5.41) is 0.776. The smallest absolute Gasteiger partial charge is 0.264 e. The maximum Gasteiger partial charge on any atom is 0.264 e. The van der Waals surface area contributed by atoms with Crippen molar-refractivity contribution in [3.8, 4) is 11.5 Å². The molecule has 2 aromatic rings. The van der Waals surface area contributed by atoms with E-state index < -0.39 is 0 Å². The lowest BCUT2D eigenvalue weighted by Gasteiger charge is -2.02. The summed E-state index contributed by atoms with van der Waals surface area (Å²) < 4.78 is 0.506. The minimum absolute atomic E-state index is 0.224. The van der Waals surface area contributed by atoms with E-state index in [4.69, 9.17) is 23.2 Å². The van der Waals surface area contributed by atoms with Gasteiger partial charge in [0.1, 0.15) is 5.69 Å². The minimum atomic E-state index is -0.224. The van der Waals surface area contributed by atoms with Crippen molar-refractivity contribution in [2.24, 2.45) is 0 Å². The molecule has 0 atom stereocenters. The van der Waals surface area contributed by atoms with E-state index in [1.54, 1.807) is 6.07 Å². The monoisotopic (exact) mass is 367 g/mol. The molecule has 82 valence electrons. The number of rotatable bonds is 1. The fourth-order valence-corrected chi connectivity index (χ4v) is 1.83. The molecule has 0 saturated carbocycles. The molecule has 0 aliphatic rings. The molecule has 0 bridgehead atoms. The van der Waals surface area contributed by atoms with Crippen LogP contribution in [0.15, 0.2) is 23.3 Å². The van der Waals surface area contributed by atoms with Crippen LogP contribution in [0.3, 0.4) is 0 Å². The summed E-state index contributed by atoms with van der Waals surface area (Å²) in [6.45, 7) is 0. The summed E-state index contributed by atoms with van der Waals surface area (Å²) in [4.78, 5) is 22.0.